The number of rotatable bonds is 7. The highest BCUT2D eigenvalue weighted by Gasteiger charge is 2.25. The summed E-state index contributed by atoms with van der Waals surface area (Å²) in [6.07, 6.45) is 4.01. The van der Waals surface area contributed by atoms with Gasteiger partial charge in [0.25, 0.3) is 0 Å². The molecule has 0 spiro atoms. The van der Waals surface area contributed by atoms with Crippen molar-refractivity contribution in [1.82, 2.24) is 15.0 Å². The molecule has 3 heterocycles. The number of hydrogen-bond acceptors (Lipinski definition) is 7. The van der Waals surface area contributed by atoms with Crippen molar-refractivity contribution in [1.29, 1.82) is 0 Å². The monoisotopic (exact) mass is 442 g/mol. The van der Waals surface area contributed by atoms with Gasteiger partial charge < -0.3 is 15.0 Å². The number of nitrogens with two attached hydrogens (primary N) is 1. The minimum atomic E-state index is -1.28. The van der Waals surface area contributed by atoms with Gasteiger partial charge in [-0.2, -0.15) is 0 Å². The molecule has 4 rings (SSSR count). The Balaban J connectivity index is 1.88. The lowest BCUT2D eigenvalue weighted by atomic mass is 10.1. The molecule has 6 nitrogen and oxygen atoms in total. The van der Waals surface area contributed by atoms with Crippen molar-refractivity contribution in [2.75, 3.05) is 25.2 Å². The summed E-state index contributed by atoms with van der Waals surface area (Å²) in [5.74, 6) is 0.585. The van der Waals surface area contributed by atoms with E-state index in [4.69, 9.17) is 15.5 Å². The van der Waals surface area contributed by atoms with E-state index in [-0.39, 0.29) is 5.82 Å². The Hall–Kier alpha value is -2.59. The highest BCUT2D eigenvalue weighted by atomic mass is 32.2. The molecule has 1 aromatic carbocycles. The number of halogens is 1. The van der Waals surface area contributed by atoms with Crippen molar-refractivity contribution < 1.29 is 13.7 Å². The highest BCUT2D eigenvalue weighted by Crippen LogP contribution is 2.42. The van der Waals surface area contributed by atoms with Crippen LogP contribution in [0.3, 0.4) is 0 Å². The number of ether oxygens (including phenoxy) is 1. The van der Waals surface area contributed by atoms with E-state index in [2.05, 4.69) is 9.97 Å². The maximum atomic E-state index is 13.5. The van der Waals surface area contributed by atoms with E-state index in [0.717, 1.165) is 5.56 Å². The van der Waals surface area contributed by atoms with Crippen LogP contribution in [0.5, 0.6) is 0 Å². The lowest BCUT2D eigenvalue weighted by Crippen LogP contribution is -2.09. The van der Waals surface area contributed by atoms with E-state index in [0.29, 0.717) is 56.0 Å². The minimum absolute atomic E-state index is 0.338. The number of nitrogen functional groups attached to an aromatic ring is 1. The smallest absolute Gasteiger partial charge is 0.232 e. The molecule has 2 N–H and O–H groups in total. The summed E-state index contributed by atoms with van der Waals surface area (Å²) in [5.41, 5.74) is 8.85. The van der Waals surface area contributed by atoms with E-state index < -0.39 is 11.2 Å². The zero-order valence-corrected chi connectivity index (χ0v) is 17.8. The Morgan fingerprint density at radius 2 is 1.97 bits per heavy atom. The molecule has 30 heavy (non-hydrogen) atoms. The van der Waals surface area contributed by atoms with Gasteiger partial charge in [0.15, 0.2) is 5.82 Å². The topological polar surface area (TPSA) is 97.0 Å². The maximum absolute atomic E-state index is 13.5. The number of anilines is 1. The Kier molecular flexibility index (Phi) is 6.24. The van der Waals surface area contributed by atoms with Gasteiger partial charge in [0.2, 0.25) is 4.21 Å². The van der Waals surface area contributed by atoms with Crippen LogP contribution in [0.15, 0.2) is 53.0 Å². The van der Waals surface area contributed by atoms with Crippen molar-refractivity contribution in [3.8, 4) is 22.6 Å². The molecule has 1 atom stereocenters. The normalized spacial score (nSPS) is 12.4. The number of thiophene rings is 1. The van der Waals surface area contributed by atoms with E-state index in [1.54, 1.807) is 37.7 Å². The third-order valence-electron chi connectivity index (χ3n) is 4.48. The van der Waals surface area contributed by atoms with Crippen LogP contribution in [0.25, 0.3) is 32.9 Å². The summed E-state index contributed by atoms with van der Waals surface area (Å²) in [7, 11) is 1.61. The summed E-state index contributed by atoms with van der Waals surface area (Å²) < 4.78 is 31.9. The van der Waals surface area contributed by atoms with E-state index in [1.165, 1.54) is 23.5 Å². The van der Waals surface area contributed by atoms with Gasteiger partial charge in [-0.3, -0.25) is 4.98 Å². The molecular weight excluding hydrogens is 423 g/mol. The highest BCUT2D eigenvalue weighted by molar-refractivity contribution is 7.93. The molecule has 0 radical (unpaired) electrons. The van der Waals surface area contributed by atoms with E-state index in [1.807, 2.05) is 6.07 Å². The molecule has 0 saturated carbocycles. The molecule has 4 aromatic rings. The molecule has 0 saturated heterocycles. The average Bonchev–Trinajstić information content (AvgIpc) is 3.11. The van der Waals surface area contributed by atoms with Crippen LogP contribution in [0.1, 0.15) is 6.42 Å². The first kappa shape index (κ1) is 20.7. The van der Waals surface area contributed by atoms with Crippen LogP contribution in [0.2, 0.25) is 0 Å². The van der Waals surface area contributed by atoms with Crippen molar-refractivity contribution in [2.45, 2.75) is 10.6 Å². The van der Waals surface area contributed by atoms with Crippen molar-refractivity contribution in [3.63, 3.8) is 0 Å². The minimum Gasteiger partial charge on any atom is -0.611 e. The number of methoxy groups -OCH3 is 1. The lowest BCUT2D eigenvalue weighted by Gasteiger charge is -2.09. The van der Waals surface area contributed by atoms with E-state index >= 15 is 0 Å². The Labute approximate surface area is 180 Å². The third kappa shape index (κ3) is 4.15. The SMILES string of the molecule is COCCC[S+]([O-])c1sc2nc(-c3cccnc3)nc(-c3ccc(F)cc3)c2c1N. The Bertz CT molecular complexity index is 1150. The van der Waals surface area contributed by atoms with Gasteiger partial charge in [0.1, 0.15) is 22.1 Å². The van der Waals surface area contributed by atoms with Gasteiger partial charge in [-0.05, 0) is 47.6 Å². The molecule has 0 aliphatic carbocycles. The summed E-state index contributed by atoms with van der Waals surface area (Å²) in [6, 6.07) is 9.72. The van der Waals surface area contributed by atoms with Crippen molar-refractivity contribution >= 4 is 38.4 Å². The molecule has 0 bridgehead atoms. The quantitative estimate of drug-likeness (QED) is 0.339. The van der Waals surface area contributed by atoms with Crippen LogP contribution in [-0.2, 0) is 15.9 Å². The predicted molar refractivity (Wildman–Crippen MR) is 118 cm³/mol. The largest absolute Gasteiger partial charge is 0.611 e. The number of fused-ring (bicyclic) bond motifs is 1. The van der Waals surface area contributed by atoms with Gasteiger partial charge in [-0.15, -0.1) is 0 Å². The fraction of sp³-hybridized carbons (Fsp3) is 0.190. The molecular formula is C21H19FN4O2S2. The number of hydrogen-bond donors (Lipinski definition) is 1. The molecule has 154 valence electrons. The zero-order chi connectivity index (χ0) is 21.1. The second-order valence-electron chi connectivity index (χ2n) is 6.52. The first-order chi connectivity index (χ1) is 14.6. The van der Waals surface area contributed by atoms with Crippen LogP contribution in [-0.4, -0.2) is 39.0 Å². The van der Waals surface area contributed by atoms with E-state index in [9.17, 15) is 8.94 Å². The first-order valence-corrected chi connectivity index (χ1v) is 11.4. The fourth-order valence-corrected chi connectivity index (χ4v) is 5.64. The summed E-state index contributed by atoms with van der Waals surface area (Å²) in [6.45, 7) is 0.530. The number of benzene rings is 1. The van der Waals surface area contributed by atoms with Crippen molar-refractivity contribution in [3.05, 3.63) is 54.6 Å². The third-order valence-corrected chi connectivity index (χ3v) is 7.47. The van der Waals surface area contributed by atoms with Crippen LogP contribution in [0, 0.1) is 5.82 Å². The molecule has 9 heteroatoms. The number of aromatic nitrogens is 3. The molecule has 0 aliphatic rings. The maximum Gasteiger partial charge on any atom is 0.232 e. The second-order valence-corrected chi connectivity index (χ2v) is 9.29. The standard InChI is InChI=1S/C21H19FN4O2S2/c1-28-10-3-11-30(27)21-17(23)16-18(13-5-7-15(22)8-6-13)25-19(26-20(16)29-21)14-4-2-9-24-12-14/h2,4-9,12H,3,10-11,23H2,1H3. The zero-order valence-electron chi connectivity index (χ0n) is 16.2. The Morgan fingerprint density at radius 3 is 2.67 bits per heavy atom. The second kappa shape index (κ2) is 9.05. The lowest BCUT2D eigenvalue weighted by molar-refractivity contribution is 0.199. The van der Waals surface area contributed by atoms with Gasteiger partial charge in [-0.1, -0.05) is 11.3 Å². The van der Waals surface area contributed by atoms with Gasteiger partial charge >= 0.3 is 0 Å². The summed E-state index contributed by atoms with van der Waals surface area (Å²) in [4.78, 5) is 14.1. The molecule has 0 aliphatic heterocycles. The molecule has 0 amide bonds. The summed E-state index contributed by atoms with van der Waals surface area (Å²) >= 11 is 0.0241. The van der Waals surface area contributed by atoms with Gasteiger partial charge in [0.05, 0.1) is 17.7 Å². The molecule has 1 unspecified atom stereocenters. The van der Waals surface area contributed by atoms with Gasteiger partial charge in [-0.25, -0.2) is 14.4 Å². The van der Waals surface area contributed by atoms with Gasteiger partial charge in [0, 0.05) is 37.1 Å². The Morgan fingerprint density at radius 1 is 1.17 bits per heavy atom. The first-order valence-electron chi connectivity index (χ1n) is 9.22. The fourth-order valence-electron chi connectivity index (χ4n) is 3.04. The predicted octanol–water partition coefficient (Wildman–Crippen LogP) is 4.29. The van der Waals surface area contributed by atoms with Crippen LogP contribution < -0.4 is 5.73 Å². The number of nitrogens with zero attached hydrogens (tertiary/aromatic N) is 3. The average molecular weight is 443 g/mol. The van der Waals surface area contributed by atoms with Crippen LogP contribution >= 0.6 is 11.3 Å². The summed E-state index contributed by atoms with van der Waals surface area (Å²) in [5, 5.41) is 0.634. The molecule has 3 aromatic heterocycles. The van der Waals surface area contributed by atoms with Crippen LogP contribution in [0.4, 0.5) is 10.1 Å². The molecule has 0 fully saturated rings. The number of pyridine rings is 1. The van der Waals surface area contributed by atoms with Crippen molar-refractivity contribution in [2.24, 2.45) is 0 Å².